The SMILES string of the molecule is Cc1ccc(N(N)C(=O)c2ccc(CN3CCN(C)CC3)cc2)cc1Nc1nccc(-c2cccnc2)n1. The van der Waals surface area contributed by atoms with E-state index >= 15 is 0 Å². The topological polar surface area (TPSA) is 104 Å². The number of carbonyl (C=O) groups is 1. The van der Waals surface area contributed by atoms with Crippen LogP contribution in [-0.2, 0) is 6.54 Å². The molecule has 4 aromatic rings. The molecule has 1 amide bonds. The van der Waals surface area contributed by atoms with E-state index < -0.39 is 0 Å². The number of nitrogens with zero attached hydrogens (tertiary/aromatic N) is 6. The second kappa shape index (κ2) is 11.5. The zero-order valence-corrected chi connectivity index (χ0v) is 21.7. The van der Waals surface area contributed by atoms with Crippen LogP contribution in [0.25, 0.3) is 11.3 Å². The van der Waals surface area contributed by atoms with E-state index in [1.807, 2.05) is 67.6 Å². The fourth-order valence-electron chi connectivity index (χ4n) is 4.38. The lowest BCUT2D eigenvalue weighted by Crippen LogP contribution is -2.43. The van der Waals surface area contributed by atoms with Gasteiger partial charge >= 0.3 is 0 Å². The highest BCUT2D eigenvalue weighted by Crippen LogP contribution is 2.26. The quantitative estimate of drug-likeness (QED) is 0.220. The molecule has 0 saturated carbocycles. The molecule has 9 heteroatoms. The highest BCUT2D eigenvalue weighted by atomic mass is 16.2. The smallest absolute Gasteiger partial charge is 0.272 e. The molecule has 3 N–H and O–H groups in total. The molecular weight excluding hydrogens is 476 g/mol. The number of nitrogens with two attached hydrogens (primary N) is 1. The highest BCUT2D eigenvalue weighted by molar-refractivity contribution is 6.05. The van der Waals surface area contributed by atoms with E-state index in [1.54, 1.807) is 18.6 Å². The second-order valence-corrected chi connectivity index (χ2v) is 9.58. The van der Waals surface area contributed by atoms with Crippen molar-refractivity contribution in [3.8, 4) is 11.3 Å². The lowest BCUT2D eigenvalue weighted by molar-refractivity contribution is 0.0987. The summed E-state index contributed by atoms with van der Waals surface area (Å²) < 4.78 is 0. The second-order valence-electron chi connectivity index (χ2n) is 9.58. The monoisotopic (exact) mass is 508 g/mol. The molecule has 194 valence electrons. The summed E-state index contributed by atoms with van der Waals surface area (Å²) in [6.45, 7) is 7.11. The van der Waals surface area contributed by atoms with E-state index in [2.05, 4.69) is 37.1 Å². The lowest BCUT2D eigenvalue weighted by Gasteiger charge is -2.32. The van der Waals surface area contributed by atoms with Crippen LogP contribution in [0.2, 0.25) is 0 Å². The van der Waals surface area contributed by atoms with Crippen molar-refractivity contribution >= 4 is 23.2 Å². The Balaban J connectivity index is 1.27. The Morgan fingerprint density at radius 1 is 1.03 bits per heavy atom. The third kappa shape index (κ3) is 6.03. The summed E-state index contributed by atoms with van der Waals surface area (Å²) in [5, 5.41) is 4.44. The maximum Gasteiger partial charge on any atom is 0.272 e. The largest absolute Gasteiger partial charge is 0.324 e. The molecule has 0 radical (unpaired) electrons. The van der Waals surface area contributed by atoms with Crippen LogP contribution in [0.5, 0.6) is 0 Å². The number of hydrogen-bond donors (Lipinski definition) is 2. The molecule has 1 aliphatic rings. The molecule has 3 heterocycles. The van der Waals surface area contributed by atoms with Crippen molar-refractivity contribution in [3.63, 3.8) is 0 Å². The minimum absolute atomic E-state index is 0.277. The molecule has 2 aromatic heterocycles. The number of likely N-dealkylation sites (N-methyl/N-ethyl adjacent to an activating group) is 1. The van der Waals surface area contributed by atoms with Crippen LogP contribution in [0.4, 0.5) is 17.3 Å². The Kier molecular flexibility index (Phi) is 7.69. The number of piperazine rings is 1. The van der Waals surface area contributed by atoms with Crippen LogP contribution >= 0.6 is 0 Å². The van der Waals surface area contributed by atoms with Crippen LogP contribution in [0.3, 0.4) is 0 Å². The van der Waals surface area contributed by atoms with Crippen LogP contribution in [0, 0.1) is 6.92 Å². The minimum Gasteiger partial charge on any atom is -0.324 e. The molecule has 1 saturated heterocycles. The van der Waals surface area contributed by atoms with Crippen LogP contribution in [-0.4, -0.2) is 63.9 Å². The van der Waals surface area contributed by atoms with Crippen molar-refractivity contribution in [3.05, 3.63) is 95.9 Å². The van der Waals surface area contributed by atoms with Gasteiger partial charge in [0, 0.05) is 68.1 Å². The van der Waals surface area contributed by atoms with Crippen LogP contribution < -0.4 is 16.2 Å². The summed E-state index contributed by atoms with van der Waals surface area (Å²) in [6.07, 6.45) is 5.18. The Bertz CT molecular complexity index is 1390. The van der Waals surface area contributed by atoms with E-state index in [-0.39, 0.29) is 5.91 Å². The summed E-state index contributed by atoms with van der Waals surface area (Å²) in [6, 6.07) is 18.9. The number of aromatic nitrogens is 3. The van der Waals surface area contributed by atoms with E-state index in [0.717, 1.165) is 55.2 Å². The molecule has 0 aliphatic carbocycles. The molecule has 0 spiro atoms. The molecule has 2 aromatic carbocycles. The van der Waals surface area contributed by atoms with E-state index in [0.29, 0.717) is 17.2 Å². The molecule has 0 unspecified atom stereocenters. The Morgan fingerprint density at radius 2 is 1.82 bits per heavy atom. The number of hydrazine groups is 1. The van der Waals surface area contributed by atoms with Gasteiger partial charge in [0.25, 0.3) is 5.91 Å². The summed E-state index contributed by atoms with van der Waals surface area (Å²) in [5.41, 5.74) is 5.68. The fourth-order valence-corrected chi connectivity index (χ4v) is 4.38. The normalized spacial score (nSPS) is 14.3. The van der Waals surface area contributed by atoms with Gasteiger partial charge < -0.3 is 10.2 Å². The summed E-state index contributed by atoms with van der Waals surface area (Å²) in [4.78, 5) is 31.1. The molecule has 0 bridgehead atoms. The molecule has 38 heavy (non-hydrogen) atoms. The molecule has 9 nitrogen and oxygen atoms in total. The molecule has 5 rings (SSSR count). The average molecular weight is 509 g/mol. The number of rotatable bonds is 7. The first-order valence-corrected chi connectivity index (χ1v) is 12.7. The standard InChI is InChI=1S/C29H32N8O/c1-21-5-10-25(18-27(21)34-29-32-13-11-26(33-29)24-4-3-12-31-19-24)37(30)28(38)23-8-6-22(7-9-23)20-36-16-14-35(2)15-17-36/h3-13,18-19H,14-17,20,30H2,1-2H3,(H,32,33,34). The van der Waals surface area contributed by atoms with Crippen molar-refractivity contribution in [2.75, 3.05) is 43.6 Å². The van der Waals surface area contributed by atoms with Crippen molar-refractivity contribution < 1.29 is 4.79 Å². The highest BCUT2D eigenvalue weighted by Gasteiger charge is 2.17. The van der Waals surface area contributed by atoms with Crippen molar-refractivity contribution in [2.24, 2.45) is 5.84 Å². The van der Waals surface area contributed by atoms with Crippen LogP contribution in [0.15, 0.2) is 79.3 Å². The zero-order chi connectivity index (χ0) is 26.5. The van der Waals surface area contributed by atoms with Crippen LogP contribution in [0.1, 0.15) is 21.5 Å². The zero-order valence-electron chi connectivity index (χ0n) is 21.7. The maximum atomic E-state index is 13.2. The lowest BCUT2D eigenvalue weighted by atomic mass is 10.1. The number of benzene rings is 2. The van der Waals surface area contributed by atoms with E-state index in [1.165, 1.54) is 10.6 Å². The number of carbonyl (C=O) groups excluding carboxylic acids is 1. The Hall–Kier alpha value is -4.18. The predicted molar refractivity (Wildman–Crippen MR) is 150 cm³/mol. The van der Waals surface area contributed by atoms with Crippen molar-refractivity contribution in [2.45, 2.75) is 13.5 Å². The van der Waals surface area contributed by atoms with Gasteiger partial charge in [-0.2, -0.15) is 0 Å². The van der Waals surface area contributed by atoms with Gasteiger partial charge in [-0.1, -0.05) is 18.2 Å². The van der Waals surface area contributed by atoms with Gasteiger partial charge in [0.2, 0.25) is 5.95 Å². The van der Waals surface area contributed by atoms with E-state index in [4.69, 9.17) is 5.84 Å². The van der Waals surface area contributed by atoms with Gasteiger partial charge in [0.05, 0.1) is 11.4 Å². The Morgan fingerprint density at radius 3 is 2.55 bits per heavy atom. The number of aryl methyl sites for hydroxylation is 1. The fraction of sp³-hybridized carbons (Fsp3) is 0.241. The van der Waals surface area contributed by atoms with Crippen molar-refractivity contribution in [1.82, 2.24) is 24.8 Å². The van der Waals surface area contributed by atoms with E-state index in [9.17, 15) is 4.79 Å². The van der Waals surface area contributed by atoms with Gasteiger partial charge in [-0.15, -0.1) is 0 Å². The third-order valence-electron chi connectivity index (χ3n) is 6.78. The number of nitrogens with one attached hydrogen (secondary N) is 1. The van der Waals surface area contributed by atoms with Gasteiger partial charge in [0.15, 0.2) is 0 Å². The average Bonchev–Trinajstić information content (AvgIpc) is 2.96. The van der Waals surface area contributed by atoms with Gasteiger partial charge in [0.1, 0.15) is 0 Å². The molecule has 1 fully saturated rings. The summed E-state index contributed by atoms with van der Waals surface area (Å²) in [5.74, 6) is 6.45. The summed E-state index contributed by atoms with van der Waals surface area (Å²) >= 11 is 0. The number of anilines is 3. The third-order valence-corrected chi connectivity index (χ3v) is 6.78. The first-order valence-electron chi connectivity index (χ1n) is 12.7. The maximum absolute atomic E-state index is 13.2. The predicted octanol–water partition coefficient (Wildman–Crippen LogP) is 3.86. The molecule has 1 aliphatic heterocycles. The minimum atomic E-state index is -0.277. The molecule has 0 atom stereocenters. The number of hydrogen-bond acceptors (Lipinski definition) is 8. The number of pyridine rings is 1. The van der Waals surface area contributed by atoms with Crippen molar-refractivity contribution in [1.29, 1.82) is 0 Å². The Labute approximate surface area is 222 Å². The van der Waals surface area contributed by atoms with Gasteiger partial charge in [-0.05, 0) is 67.6 Å². The van der Waals surface area contributed by atoms with Gasteiger partial charge in [-0.25, -0.2) is 20.8 Å². The first kappa shape index (κ1) is 25.5. The summed E-state index contributed by atoms with van der Waals surface area (Å²) in [7, 11) is 2.15. The van der Waals surface area contributed by atoms with Gasteiger partial charge in [-0.3, -0.25) is 14.7 Å². The molecular formula is C29H32N8O. The first-order chi connectivity index (χ1) is 18.5. The number of amides is 1.